The van der Waals surface area contributed by atoms with Crippen molar-refractivity contribution in [3.8, 4) is 0 Å². The predicted octanol–water partition coefficient (Wildman–Crippen LogP) is 2.63. The van der Waals surface area contributed by atoms with Gasteiger partial charge >= 0.3 is 0 Å². The smallest absolute Gasteiger partial charge is 0.292 e. The van der Waals surface area contributed by atoms with Crippen LogP contribution in [0.5, 0.6) is 0 Å². The Morgan fingerprint density at radius 3 is 2.70 bits per heavy atom. The van der Waals surface area contributed by atoms with E-state index in [1.54, 1.807) is 13.0 Å². The highest BCUT2D eigenvalue weighted by molar-refractivity contribution is 14.0. The molecule has 7 nitrogen and oxygen atoms in total. The normalized spacial score (nSPS) is 15.0. The fraction of sp³-hybridized carbons (Fsp3) is 0.600. The summed E-state index contributed by atoms with van der Waals surface area (Å²) in [4.78, 5) is 13.1. The minimum atomic E-state index is -0.373. The second kappa shape index (κ2) is 9.89. The van der Waals surface area contributed by atoms with Crippen LogP contribution in [0.3, 0.4) is 0 Å². The molecule has 1 aromatic carbocycles. The van der Waals surface area contributed by atoms with E-state index in [4.69, 9.17) is 10.5 Å². The number of nitro benzene ring substituents is 1. The second-order valence-electron chi connectivity index (χ2n) is 5.57. The van der Waals surface area contributed by atoms with E-state index in [1.807, 2.05) is 0 Å². The number of hydrogen-bond donors (Lipinski definition) is 2. The first kappa shape index (κ1) is 19.9. The molecule has 1 fully saturated rings. The van der Waals surface area contributed by atoms with E-state index in [2.05, 4.69) is 10.2 Å². The highest BCUT2D eigenvalue weighted by Crippen LogP contribution is 2.29. The summed E-state index contributed by atoms with van der Waals surface area (Å²) in [6.45, 7) is 7.13. The molecule has 0 aliphatic carbocycles. The third-order valence-electron chi connectivity index (χ3n) is 3.90. The van der Waals surface area contributed by atoms with Crippen molar-refractivity contribution in [2.45, 2.75) is 19.8 Å². The predicted molar refractivity (Wildman–Crippen MR) is 103 cm³/mol. The lowest BCUT2D eigenvalue weighted by atomic mass is 10.1. The summed E-state index contributed by atoms with van der Waals surface area (Å²) < 4.78 is 5.31. The first-order valence-electron chi connectivity index (χ1n) is 7.66. The molecule has 0 atom stereocenters. The van der Waals surface area contributed by atoms with Gasteiger partial charge in [-0.1, -0.05) is 0 Å². The highest BCUT2D eigenvalue weighted by Gasteiger charge is 2.15. The van der Waals surface area contributed by atoms with Crippen LogP contribution in [0.4, 0.5) is 17.1 Å². The minimum Gasteiger partial charge on any atom is -0.398 e. The average Bonchev–Trinajstić information content (AvgIpc) is 2.51. The topological polar surface area (TPSA) is 93.7 Å². The number of ether oxygens (including phenoxy) is 1. The number of nitrogens with one attached hydrogen (secondary N) is 1. The molecule has 23 heavy (non-hydrogen) atoms. The van der Waals surface area contributed by atoms with Crippen LogP contribution >= 0.6 is 24.0 Å². The molecular formula is C15H25IN4O3. The molecule has 0 spiro atoms. The fourth-order valence-electron chi connectivity index (χ4n) is 2.51. The van der Waals surface area contributed by atoms with Crippen LogP contribution in [0.25, 0.3) is 0 Å². The molecule has 1 saturated heterocycles. The van der Waals surface area contributed by atoms with E-state index in [0.29, 0.717) is 17.9 Å². The number of nitrogen functional groups attached to an aromatic ring is 1. The largest absolute Gasteiger partial charge is 0.398 e. The Morgan fingerprint density at radius 2 is 2.04 bits per heavy atom. The molecule has 1 heterocycles. The van der Waals surface area contributed by atoms with Crippen molar-refractivity contribution in [1.29, 1.82) is 0 Å². The summed E-state index contributed by atoms with van der Waals surface area (Å²) >= 11 is 0. The Balaban J connectivity index is 0.00000264. The van der Waals surface area contributed by atoms with Gasteiger partial charge < -0.3 is 15.8 Å². The van der Waals surface area contributed by atoms with E-state index < -0.39 is 0 Å². The van der Waals surface area contributed by atoms with Gasteiger partial charge in [-0.2, -0.15) is 0 Å². The molecule has 1 aliphatic rings. The van der Waals surface area contributed by atoms with Gasteiger partial charge in [-0.05, 0) is 37.9 Å². The number of anilines is 2. The Labute approximate surface area is 153 Å². The summed E-state index contributed by atoms with van der Waals surface area (Å²) in [6, 6.07) is 3.17. The molecule has 0 amide bonds. The molecule has 8 heteroatoms. The number of halogens is 1. The van der Waals surface area contributed by atoms with Crippen molar-refractivity contribution >= 4 is 41.0 Å². The number of aryl methyl sites for hydroxylation is 1. The summed E-state index contributed by atoms with van der Waals surface area (Å²) in [5, 5.41) is 14.2. The van der Waals surface area contributed by atoms with Crippen LogP contribution in [0.2, 0.25) is 0 Å². The molecule has 0 aromatic heterocycles. The molecule has 1 aliphatic heterocycles. The summed E-state index contributed by atoms with van der Waals surface area (Å²) in [5.74, 6) is 0. The first-order valence-corrected chi connectivity index (χ1v) is 7.66. The van der Waals surface area contributed by atoms with E-state index in [1.165, 1.54) is 6.07 Å². The number of nitro groups is 1. The van der Waals surface area contributed by atoms with Gasteiger partial charge in [-0.15, -0.1) is 24.0 Å². The fourth-order valence-corrected chi connectivity index (χ4v) is 2.51. The third kappa shape index (κ3) is 6.11. The molecule has 1 aromatic rings. The quantitative estimate of drug-likeness (QED) is 0.225. The van der Waals surface area contributed by atoms with Gasteiger partial charge in [0.1, 0.15) is 5.69 Å². The molecule has 0 radical (unpaired) electrons. The van der Waals surface area contributed by atoms with Gasteiger partial charge in [-0.3, -0.25) is 15.0 Å². The van der Waals surface area contributed by atoms with E-state index in [0.717, 1.165) is 51.3 Å². The van der Waals surface area contributed by atoms with Crippen LogP contribution < -0.4 is 11.1 Å². The molecule has 2 rings (SSSR count). The van der Waals surface area contributed by atoms with Crippen LogP contribution in [0.15, 0.2) is 12.1 Å². The van der Waals surface area contributed by atoms with Crippen molar-refractivity contribution in [2.24, 2.45) is 0 Å². The van der Waals surface area contributed by atoms with E-state index >= 15 is 0 Å². The molecule has 0 bridgehead atoms. The third-order valence-corrected chi connectivity index (χ3v) is 3.90. The Hall–Kier alpha value is -1.13. The Morgan fingerprint density at radius 1 is 1.35 bits per heavy atom. The standard InChI is InChI=1S/C15H24N4O3.HI/c1-12-10-15(19(20)21)14(11-13(12)16)17-4-2-3-5-18-6-8-22-9-7-18;/h10-11,17H,2-9,16H2,1H3;1H. The number of nitrogens with zero attached hydrogens (tertiary/aromatic N) is 2. The second-order valence-corrected chi connectivity index (χ2v) is 5.57. The lowest BCUT2D eigenvalue weighted by Crippen LogP contribution is -2.36. The number of nitrogens with two attached hydrogens (primary N) is 1. The van der Waals surface area contributed by atoms with Crippen LogP contribution in [-0.4, -0.2) is 49.2 Å². The number of morpholine rings is 1. The zero-order chi connectivity index (χ0) is 15.9. The molecule has 0 unspecified atom stereocenters. The molecule has 3 N–H and O–H groups in total. The van der Waals surface area contributed by atoms with Gasteiger partial charge in [0.25, 0.3) is 5.69 Å². The zero-order valence-corrected chi connectivity index (χ0v) is 15.7. The van der Waals surface area contributed by atoms with E-state index in [9.17, 15) is 10.1 Å². The molecular weight excluding hydrogens is 411 g/mol. The lowest BCUT2D eigenvalue weighted by molar-refractivity contribution is -0.384. The maximum atomic E-state index is 11.1. The lowest BCUT2D eigenvalue weighted by Gasteiger charge is -2.26. The maximum Gasteiger partial charge on any atom is 0.292 e. The molecule has 0 saturated carbocycles. The van der Waals surface area contributed by atoms with Crippen molar-refractivity contribution in [2.75, 3.05) is 50.4 Å². The minimum absolute atomic E-state index is 0. The van der Waals surface area contributed by atoms with Gasteiger partial charge in [0.15, 0.2) is 0 Å². The van der Waals surface area contributed by atoms with Crippen molar-refractivity contribution in [3.05, 3.63) is 27.8 Å². The highest BCUT2D eigenvalue weighted by atomic mass is 127. The van der Waals surface area contributed by atoms with Gasteiger partial charge in [-0.25, -0.2) is 0 Å². The van der Waals surface area contributed by atoms with Crippen molar-refractivity contribution in [3.63, 3.8) is 0 Å². The monoisotopic (exact) mass is 436 g/mol. The van der Waals surface area contributed by atoms with Crippen LogP contribution in [0.1, 0.15) is 18.4 Å². The zero-order valence-electron chi connectivity index (χ0n) is 13.4. The Kier molecular flexibility index (Phi) is 8.56. The van der Waals surface area contributed by atoms with Gasteiger partial charge in [0.2, 0.25) is 0 Å². The summed E-state index contributed by atoms with van der Waals surface area (Å²) in [5.41, 5.74) is 7.72. The van der Waals surface area contributed by atoms with Gasteiger partial charge in [0.05, 0.1) is 18.1 Å². The summed E-state index contributed by atoms with van der Waals surface area (Å²) in [6.07, 6.45) is 2.02. The summed E-state index contributed by atoms with van der Waals surface area (Å²) in [7, 11) is 0. The average molecular weight is 436 g/mol. The molecule has 130 valence electrons. The number of hydrogen-bond acceptors (Lipinski definition) is 6. The SMILES string of the molecule is Cc1cc([N+](=O)[O-])c(NCCCCN2CCOCC2)cc1N.I. The van der Waals surface area contributed by atoms with E-state index in [-0.39, 0.29) is 34.6 Å². The van der Waals surface area contributed by atoms with Crippen molar-refractivity contribution in [1.82, 2.24) is 4.90 Å². The maximum absolute atomic E-state index is 11.1. The van der Waals surface area contributed by atoms with Crippen LogP contribution in [-0.2, 0) is 4.74 Å². The Bertz CT molecular complexity index is 522. The number of unbranched alkanes of at least 4 members (excludes halogenated alkanes) is 1. The first-order chi connectivity index (χ1) is 10.6. The van der Waals surface area contributed by atoms with Gasteiger partial charge in [0, 0.05) is 31.4 Å². The van der Waals surface area contributed by atoms with Crippen LogP contribution in [0, 0.1) is 17.0 Å². The number of benzene rings is 1. The number of rotatable bonds is 7. The van der Waals surface area contributed by atoms with Crippen molar-refractivity contribution < 1.29 is 9.66 Å².